The van der Waals surface area contributed by atoms with Gasteiger partial charge in [-0.15, -0.1) is 0 Å². The molecular weight excluding hydrogens is 314 g/mol. The van der Waals surface area contributed by atoms with E-state index in [9.17, 15) is 13.2 Å². The summed E-state index contributed by atoms with van der Waals surface area (Å²) in [4.78, 5) is 11.6. The smallest absolute Gasteiger partial charge is 0.321 e. The van der Waals surface area contributed by atoms with Gasteiger partial charge in [-0.2, -0.15) is 4.72 Å². The summed E-state index contributed by atoms with van der Waals surface area (Å²) >= 11 is 0. The van der Waals surface area contributed by atoms with Crippen LogP contribution in [-0.2, 0) is 25.0 Å². The monoisotopic (exact) mass is 341 g/mol. The SMILES string of the molecule is CCCCOC(=O)CNS(=O)(=O)c1ccc(C(C)(C)CC)cc1. The third-order valence-corrected chi connectivity index (χ3v) is 5.41. The third kappa shape index (κ3) is 5.95. The Hall–Kier alpha value is -1.40. The summed E-state index contributed by atoms with van der Waals surface area (Å²) in [6.07, 6.45) is 2.65. The van der Waals surface area contributed by atoms with Crippen LogP contribution < -0.4 is 4.72 Å². The number of ether oxygens (including phenoxy) is 1. The van der Waals surface area contributed by atoms with Crippen LogP contribution >= 0.6 is 0 Å². The highest BCUT2D eigenvalue weighted by atomic mass is 32.2. The lowest BCUT2D eigenvalue weighted by Gasteiger charge is -2.23. The predicted octanol–water partition coefficient (Wildman–Crippen LogP) is 3.00. The molecule has 0 aliphatic carbocycles. The molecule has 6 heteroatoms. The molecule has 23 heavy (non-hydrogen) atoms. The van der Waals surface area contributed by atoms with Gasteiger partial charge in [0.2, 0.25) is 10.0 Å². The van der Waals surface area contributed by atoms with Crippen molar-refractivity contribution in [2.24, 2.45) is 0 Å². The summed E-state index contributed by atoms with van der Waals surface area (Å²) < 4.78 is 31.6. The number of unbranched alkanes of at least 4 members (excludes halogenated alkanes) is 1. The number of hydrogen-bond acceptors (Lipinski definition) is 4. The van der Waals surface area contributed by atoms with E-state index < -0.39 is 16.0 Å². The third-order valence-electron chi connectivity index (χ3n) is 4.00. The highest BCUT2D eigenvalue weighted by Gasteiger charge is 2.20. The quantitative estimate of drug-likeness (QED) is 0.553. The fourth-order valence-corrected chi connectivity index (χ4v) is 2.88. The molecule has 0 saturated carbocycles. The molecule has 0 saturated heterocycles. The lowest BCUT2D eigenvalue weighted by atomic mass is 9.82. The first-order valence-corrected chi connectivity index (χ1v) is 9.47. The highest BCUT2D eigenvalue weighted by Crippen LogP contribution is 2.27. The molecule has 0 aromatic heterocycles. The van der Waals surface area contributed by atoms with Crippen LogP contribution in [0.25, 0.3) is 0 Å². The maximum atomic E-state index is 12.2. The maximum Gasteiger partial charge on any atom is 0.321 e. The van der Waals surface area contributed by atoms with Crippen molar-refractivity contribution in [3.63, 3.8) is 0 Å². The normalized spacial score (nSPS) is 12.2. The van der Waals surface area contributed by atoms with Gasteiger partial charge in [-0.25, -0.2) is 8.42 Å². The maximum absolute atomic E-state index is 12.2. The molecule has 0 spiro atoms. The van der Waals surface area contributed by atoms with Gasteiger partial charge in [-0.3, -0.25) is 4.79 Å². The molecule has 1 aromatic carbocycles. The van der Waals surface area contributed by atoms with E-state index >= 15 is 0 Å². The first-order chi connectivity index (χ1) is 10.7. The van der Waals surface area contributed by atoms with Crippen LogP contribution in [0.5, 0.6) is 0 Å². The summed E-state index contributed by atoms with van der Waals surface area (Å²) in [5.74, 6) is -0.564. The Bertz CT molecular complexity index is 606. The molecule has 0 heterocycles. The highest BCUT2D eigenvalue weighted by molar-refractivity contribution is 7.89. The van der Waals surface area contributed by atoms with Gasteiger partial charge in [0.25, 0.3) is 0 Å². The summed E-state index contributed by atoms with van der Waals surface area (Å²) in [5, 5.41) is 0. The molecule has 0 bridgehead atoms. The van der Waals surface area contributed by atoms with E-state index in [1.54, 1.807) is 12.1 Å². The van der Waals surface area contributed by atoms with Crippen LogP contribution in [0.2, 0.25) is 0 Å². The zero-order chi connectivity index (χ0) is 17.5. The molecule has 0 aliphatic rings. The largest absolute Gasteiger partial charge is 0.465 e. The van der Waals surface area contributed by atoms with Crippen molar-refractivity contribution < 1.29 is 17.9 Å². The standard InChI is InChI=1S/C17H27NO4S/c1-5-7-12-22-16(19)13-18-23(20,21)15-10-8-14(9-11-15)17(3,4)6-2/h8-11,18H,5-7,12-13H2,1-4H3. The van der Waals surface area contributed by atoms with Crippen molar-refractivity contribution >= 4 is 16.0 Å². The van der Waals surface area contributed by atoms with Crippen molar-refractivity contribution in [2.75, 3.05) is 13.2 Å². The Labute approximate surface area is 139 Å². The number of carbonyl (C=O) groups is 1. The molecule has 0 unspecified atom stereocenters. The molecule has 1 aromatic rings. The number of benzene rings is 1. The number of carbonyl (C=O) groups excluding carboxylic acids is 1. The second-order valence-corrected chi connectivity index (χ2v) is 7.93. The van der Waals surface area contributed by atoms with Crippen molar-refractivity contribution in [1.82, 2.24) is 4.72 Å². The first kappa shape index (κ1) is 19.6. The second kappa shape index (κ2) is 8.45. The fourth-order valence-electron chi connectivity index (χ4n) is 1.91. The average Bonchev–Trinajstić information content (AvgIpc) is 2.53. The summed E-state index contributed by atoms with van der Waals surface area (Å²) in [6, 6.07) is 6.77. The van der Waals surface area contributed by atoms with E-state index in [0.717, 1.165) is 24.8 Å². The molecule has 0 amide bonds. The molecular formula is C17H27NO4S. The molecule has 0 radical (unpaired) electrons. The summed E-state index contributed by atoms with van der Waals surface area (Å²) in [5.41, 5.74) is 1.08. The number of sulfonamides is 1. The van der Waals surface area contributed by atoms with Gasteiger partial charge in [-0.05, 0) is 36.0 Å². The fraction of sp³-hybridized carbons (Fsp3) is 0.588. The number of esters is 1. The van der Waals surface area contributed by atoms with Crippen molar-refractivity contribution in [1.29, 1.82) is 0 Å². The summed E-state index contributed by atoms with van der Waals surface area (Å²) in [7, 11) is -3.71. The van der Waals surface area contributed by atoms with E-state index in [1.807, 2.05) is 19.1 Å². The minimum Gasteiger partial charge on any atom is -0.465 e. The van der Waals surface area contributed by atoms with Crippen LogP contribution in [0.3, 0.4) is 0 Å². The van der Waals surface area contributed by atoms with Gasteiger partial charge >= 0.3 is 5.97 Å². The van der Waals surface area contributed by atoms with Gasteiger partial charge in [0, 0.05) is 0 Å². The van der Waals surface area contributed by atoms with E-state index in [1.165, 1.54) is 0 Å². The van der Waals surface area contributed by atoms with E-state index in [4.69, 9.17) is 4.74 Å². The van der Waals surface area contributed by atoms with Crippen molar-refractivity contribution in [3.8, 4) is 0 Å². The predicted molar refractivity (Wildman–Crippen MR) is 90.8 cm³/mol. The van der Waals surface area contributed by atoms with E-state index in [-0.39, 0.29) is 16.9 Å². The molecule has 1 N–H and O–H groups in total. The van der Waals surface area contributed by atoms with Gasteiger partial charge in [-0.1, -0.05) is 46.2 Å². The molecule has 0 aliphatic heterocycles. The first-order valence-electron chi connectivity index (χ1n) is 7.98. The Morgan fingerprint density at radius 3 is 2.30 bits per heavy atom. The zero-order valence-electron chi connectivity index (χ0n) is 14.4. The van der Waals surface area contributed by atoms with Crippen LogP contribution in [0, 0.1) is 0 Å². The van der Waals surface area contributed by atoms with E-state index in [0.29, 0.717) is 6.61 Å². The van der Waals surface area contributed by atoms with Crippen molar-refractivity contribution in [3.05, 3.63) is 29.8 Å². The van der Waals surface area contributed by atoms with E-state index in [2.05, 4.69) is 25.5 Å². The van der Waals surface area contributed by atoms with Crippen LogP contribution in [0.15, 0.2) is 29.2 Å². The molecule has 0 atom stereocenters. The zero-order valence-corrected chi connectivity index (χ0v) is 15.2. The number of rotatable bonds is 9. The number of hydrogen-bond donors (Lipinski definition) is 1. The van der Waals surface area contributed by atoms with Crippen LogP contribution in [0.1, 0.15) is 52.5 Å². The van der Waals surface area contributed by atoms with Gasteiger partial charge in [0.1, 0.15) is 6.54 Å². The Kier molecular flexibility index (Phi) is 7.22. The lowest BCUT2D eigenvalue weighted by molar-refractivity contribution is -0.142. The second-order valence-electron chi connectivity index (χ2n) is 6.16. The molecule has 130 valence electrons. The van der Waals surface area contributed by atoms with Crippen LogP contribution in [-0.4, -0.2) is 27.5 Å². The molecule has 1 rings (SSSR count). The minimum atomic E-state index is -3.71. The Balaban J connectivity index is 2.68. The van der Waals surface area contributed by atoms with Crippen molar-refractivity contribution in [2.45, 2.75) is 57.3 Å². The number of nitrogens with one attached hydrogen (secondary N) is 1. The topological polar surface area (TPSA) is 72.5 Å². The van der Waals surface area contributed by atoms with Gasteiger partial charge < -0.3 is 4.74 Å². The Morgan fingerprint density at radius 2 is 1.78 bits per heavy atom. The average molecular weight is 341 g/mol. The Morgan fingerprint density at radius 1 is 1.17 bits per heavy atom. The lowest BCUT2D eigenvalue weighted by Crippen LogP contribution is -2.31. The molecule has 5 nitrogen and oxygen atoms in total. The van der Waals surface area contributed by atoms with Crippen LogP contribution in [0.4, 0.5) is 0 Å². The summed E-state index contributed by atoms with van der Waals surface area (Å²) in [6.45, 7) is 8.27. The van der Waals surface area contributed by atoms with Gasteiger partial charge in [0.05, 0.1) is 11.5 Å². The molecule has 0 fully saturated rings. The van der Waals surface area contributed by atoms with Gasteiger partial charge in [0.15, 0.2) is 0 Å². The minimum absolute atomic E-state index is 0.00119.